The van der Waals surface area contributed by atoms with Crippen molar-refractivity contribution in [3.8, 4) is 5.75 Å². The van der Waals surface area contributed by atoms with E-state index in [9.17, 15) is 12.8 Å². The zero-order chi connectivity index (χ0) is 13.3. The highest BCUT2D eigenvalue weighted by molar-refractivity contribution is 7.92. The van der Waals surface area contributed by atoms with Crippen molar-refractivity contribution in [3.63, 3.8) is 0 Å². The molecular formula is C10H10FN3O3S. The van der Waals surface area contributed by atoms with Crippen LogP contribution in [0.1, 0.15) is 0 Å². The number of aromatic hydroxyl groups is 1. The van der Waals surface area contributed by atoms with E-state index in [-0.39, 0.29) is 10.7 Å². The average molecular weight is 271 g/mol. The van der Waals surface area contributed by atoms with Gasteiger partial charge in [-0.1, -0.05) is 0 Å². The van der Waals surface area contributed by atoms with Gasteiger partial charge < -0.3 is 9.67 Å². The van der Waals surface area contributed by atoms with E-state index in [0.29, 0.717) is 0 Å². The summed E-state index contributed by atoms with van der Waals surface area (Å²) < 4.78 is 40.4. The Morgan fingerprint density at radius 1 is 1.44 bits per heavy atom. The highest BCUT2D eigenvalue weighted by atomic mass is 32.2. The van der Waals surface area contributed by atoms with Crippen molar-refractivity contribution in [3.05, 3.63) is 36.5 Å². The molecular weight excluding hydrogens is 261 g/mol. The van der Waals surface area contributed by atoms with E-state index in [2.05, 4.69) is 9.71 Å². The fourth-order valence-electron chi connectivity index (χ4n) is 1.31. The molecule has 2 aromatic rings. The van der Waals surface area contributed by atoms with Crippen molar-refractivity contribution < 1.29 is 17.9 Å². The maximum atomic E-state index is 13.1. The molecule has 0 radical (unpaired) electrons. The number of phenolic OH excluding ortho intramolecular Hbond substituents is 1. The number of sulfonamides is 1. The lowest BCUT2D eigenvalue weighted by Gasteiger charge is -2.06. The number of aryl methyl sites for hydroxylation is 1. The standard InChI is InChI=1S/C10H10FN3O3S/c1-14-5-10(12-6-14)18(16,17)13-7-2-3-9(15)8(11)4-7/h2-6,13,15H,1H3. The van der Waals surface area contributed by atoms with E-state index in [4.69, 9.17) is 5.11 Å². The molecule has 0 saturated carbocycles. The van der Waals surface area contributed by atoms with Crippen molar-refractivity contribution in [2.24, 2.45) is 7.05 Å². The van der Waals surface area contributed by atoms with Gasteiger partial charge in [-0.25, -0.2) is 9.37 Å². The number of hydrogen-bond acceptors (Lipinski definition) is 4. The van der Waals surface area contributed by atoms with Gasteiger partial charge in [0.25, 0.3) is 10.0 Å². The number of anilines is 1. The monoisotopic (exact) mass is 271 g/mol. The molecule has 6 nitrogen and oxygen atoms in total. The Kier molecular flexibility index (Phi) is 2.95. The first-order chi connectivity index (χ1) is 8.38. The van der Waals surface area contributed by atoms with Crippen LogP contribution in [0.4, 0.5) is 10.1 Å². The van der Waals surface area contributed by atoms with Gasteiger partial charge in [0.1, 0.15) is 0 Å². The molecule has 1 aromatic heterocycles. The molecule has 0 unspecified atom stereocenters. The number of phenols is 1. The summed E-state index contributed by atoms with van der Waals surface area (Å²) in [4.78, 5) is 3.69. The third kappa shape index (κ3) is 2.43. The first kappa shape index (κ1) is 12.4. The second kappa shape index (κ2) is 4.30. The second-order valence-corrected chi connectivity index (χ2v) is 5.28. The van der Waals surface area contributed by atoms with Crippen LogP contribution in [0.2, 0.25) is 0 Å². The molecule has 2 N–H and O–H groups in total. The molecule has 1 aromatic carbocycles. The zero-order valence-electron chi connectivity index (χ0n) is 9.33. The molecule has 0 atom stereocenters. The fourth-order valence-corrected chi connectivity index (χ4v) is 2.34. The third-order valence-corrected chi connectivity index (χ3v) is 3.42. The molecule has 0 fully saturated rings. The highest BCUT2D eigenvalue weighted by Gasteiger charge is 2.17. The minimum Gasteiger partial charge on any atom is -0.505 e. The van der Waals surface area contributed by atoms with E-state index >= 15 is 0 Å². The molecule has 2 rings (SSSR count). The molecule has 0 bridgehead atoms. The van der Waals surface area contributed by atoms with Crippen LogP contribution in [-0.4, -0.2) is 23.1 Å². The molecule has 8 heteroatoms. The summed E-state index contributed by atoms with van der Waals surface area (Å²) in [5.41, 5.74) is 0.0101. The summed E-state index contributed by atoms with van der Waals surface area (Å²) in [5, 5.41) is 8.83. The quantitative estimate of drug-likeness (QED) is 0.818. The number of rotatable bonds is 3. The lowest BCUT2D eigenvalue weighted by Crippen LogP contribution is -2.13. The molecule has 1 heterocycles. The minimum absolute atomic E-state index is 0.0101. The van der Waals surface area contributed by atoms with Crippen LogP contribution in [0.15, 0.2) is 35.7 Å². The highest BCUT2D eigenvalue weighted by Crippen LogP contribution is 2.21. The van der Waals surface area contributed by atoms with Gasteiger partial charge in [-0.3, -0.25) is 4.72 Å². The van der Waals surface area contributed by atoms with E-state index in [0.717, 1.165) is 12.1 Å². The largest absolute Gasteiger partial charge is 0.505 e. The Morgan fingerprint density at radius 3 is 2.72 bits per heavy atom. The predicted octanol–water partition coefficient (Wildman–Crippen LogP) is 1.07. The average Bonchev–Trinajstić information content (AvgIpc) is 2.71. The maximum Gasteiger partial charge on any atom is 0.280 e. The van der Waals surface area contributed by atoms with Crippen molar-refractivity contribution >= 4 is 15.7 Å². The number of halogens is 1. The molecule has 0 spiro atoms. The Bertz CT molecular complexity index is 681. The lowest BCUT2D eigenvalue weighted by atomic mass is 10.3. The summed E-state index contributed by atoms with van der Waals surface area (Å²) in [6.07, 6.45) is 2.66. The SMILES string of the molecule is Cn1cnc(S(=O)(=O)Nc2ccc(O)c(F)c2)c1. The number of hydrogen-bond donors (Lipinski definition) is 2. The zero-order valence-corrected chi connectivity index (χ0v) is 10.1. The predicted molar refractivity (Wildman–Crippen MR) is 62.1 cm³/mol. The summed E-state index contributed by atoms with van der Waals surface area (Å²) in [5.74, 6) is -1.45. The fraction of sp³-hybridized carbons (Fsp3) is 0.100. The van der Waals surface area contributed by atoms with Gasteiger partial charge in [0.15, 0.2) is 16.6 Å². The van der Waals surface area contributed by atoms with Gasteiger partial charge >= 0.3 is 0 Å². The van der Waals surface area contributed by atoms with Gasteiger partial charge in [0, 0.05) is 19.3 Å². The third-order valence-electron chi connectivity index (χ3n) is 2.16. The van der Waals surface area contributed by atoms with E-state index in [1.54, 1.807) is 7.05 Å². The van der Waals surface area contributed by atoms with Crippen molar-refractivity contribution in [1.82, 2.24) is 9.55 Å². The Morgan fingerprint density at radius 2 is 2.17 bits per heavy atom. The Hall–Kier alpha value is -2.09. The Balaban J connectivity index is 2.30. The van der Waals surface area contributed by atoms with Crippen LogP contribution in [0.3, 0.4) is 0 Å². The second-order valence-electron chi connectivity index (χ2n) is 3.65. The maximum absolute atomic E-state index is 13.1. The molecule has 96 valence electrons. The van der Waals surface area contributed by atoms with E-state index < -0.39 is 21.6 Å². The summed E-state index contributed by atoms with van der Waals surface area (Å²) >= 11 is 0. The molecule has 0 saturated heterocycles. The summed E-state index contributed by atoms with van der Waals surface area (Å²) in [7, 11) is -2.22. The van der Waals surface area contributed by atoms with Gasteiger partial charge in [-0.15, -0.1) is 0 Å². The topological polar surface area (TPSA) is 84.2 Å². The summed E-state index contributed by atoms with van der Waals surface area (Å²) in [6.45, 7) is 0. The molecule has 0 amide bonds. The van der Waals surface area contributed by atoms with Crippen LogP contribution in [0.25, 0.3) is 0 Å². The molecule has 0 aliphatic heterocycles. The van der Waals surface area contributed by atoms with Crippen molar-refractivity contribution in [1.29, 1.82) is 0 Å². The number of benzene rings is 1. The van der Waals surface area contributed by atoms with Crippen LogP contribution in [0, 0.1) is 5.82 Å². The lowest BCUT2D eigenvalue weighted by molar-refractivity contribution is 0.432. The first-order valence-corrected chi connectivity index (χ1v) is 6.36. The van der Waals surface area contributed by atoms with Crippen LogP contribution >= 0.6 is 0 Å². The van der Waals surface area contributed by atoms with Crippen molar-refractivity contribution in [2.75, 3.05) is 4.72 Å². The van der Waals surface area contributed by atoms with Crippen LogP contribution in [0.5, 0.6) is 5.75 Å². The van der Waals surface area contributed by atoms with Gasteiger partial charge in [0.2, 0.25) is 0 Å². The van der Waals surface area contributed by atoms with Gasteiger partial charge in [-0.05, 0) is 12.1 Å². The van der Waals surface area contributed by atoms with Gasteiger partial charge in [-0.2, -0.15) is 8.42 Å². The summed E-state index contributed by atoms with van der Waals surface area (Å²) in [6, 6.07) is 3.19. The number of nitrogens with zero attached hydrogens (tertiary/aromatic N) is 2. The first-order valence-electron chi connectivity index (χ1n) is 4.88. The Labute approximate surface area is 103 Å². The molecule has 18 heavy (non-hydrogen) atoms. The minimum atomic E-state index is -3.85. The van der Waals surface area contributed by atoms with Crippen LogP contribution < -0.4 is 4.72 Å². The molecule has 0 aliphatic carbocycles. The van der Waals surface area contributed by atoms with E-state index in [1.807, 2.05) is 0 Å². The van der Waals surface area contributed by atoms with Crippen LogP contribution in [-0.2, 0) is 17.1 Å². The van der Waals surface area contributed by atoms with E-state index in [1.165, 1.54) is 23.2 Å². The number of aromatic nitrogens is 2. The number of imidazole rings is 1. The van der Waals surface area contributed by atoms with Crippen molar-refractivity contribution in [2.45, 2.75) is 5.03 Å². The normalized spacial score (nSPS) is 11.4. The molecule has 0 aliphatic rings. The number of nitrogens with one attached hydrogen (secondary N) is 1. The van der Waals surface area contributed by atoms with Gasteiger partial charge in [0.05, 0.1) is 12.0 Å². The smallest absolute Gasteiger partial charge is 0.280 e.